The van der Waals surface area contributed by atoms with Gasteiger partial charge >= 0.3 is 0 Å². The van der Waals surface area contributed by atoms with Crippen LogP contribution in [0.2, 0.25) is 0 Å². The zero-order valence-electron chi connectivity index (χ0n) is 14.1. The van der Waals surface area contributed by atoms with Gasteiger partial charge in [0.2, 0.25) is 5.91 Å². The van der Waals surface area contributed by atoms with Gasteiger partial charge in [-0.1, -0.05) is 30.9 Å². The van der Waals surface area contributed by atoms with Gasteiger partial charge in [-0.05, 0) is 19.9 Å². The van der Waals surface area contributed by atoms with Crippen LogP contribution in [0.25, 0.3) is 0 Å². The average Bonchev–Trinajstić information content (AvgIpc) is 2.90. The minimum Gasteiger partial charge on any atom is -0.489 e. The molecule has 128 valence electrons. The maximum atomic E-state index is 12.6. The van der Waals surface area contributed by atoms with Crippen molar-refractivity contribution >= 4 is 5.91 Å². The monoisotopic (exact) mass is 329 g/mol. The van der Waals surface area contributed by atoms with Crippen molar-refractivity contribution in [3.63, 3.8) is 0 Å². The summed E-state index contributed by atoms with van der Waals surface area (Å²) in [7, 11) is 0. The van der Waals surface area contributed by atoms with Crippen LogP contribution in [0.4, 0.5) is 0 Å². The molecule has 0 aliphatic rings. The van der Waals surface area contributed by atoms with E-state index in [4.69, 9.17) is 4.74 Å². The summed E-state index contributed by atoms with van der Waals surface area (Å²) >= 11 is 0. The number of ether oxygens (including phenoxy) is 1. The molecule has 0 saturated heterocycles. The highest BCUT2D eigenvalue weighted by molar-refractivity contribution is 5.79. The van der Waals surface area contributed by atoms with E-state index in [9.17, 15) is 9.59 Å². The van der Waals surface area contributed by atoms with Gasteiger partial charge < -0.3 is 14.7 Å². The number of rotatable bonds is 8. The Labute approximate surface area is 141 Å². The highest BCUT2D eigenvalue weighted by atomic mass is 16.5. The van der Waals surface area contributed by atoms with Gasteiger partial charge in [-0.2, -0.15) is 0 Å². The molecule has 2 aromatic rings. The van der Waals surface area contributed by atoms with Gasteiger partial charge in [-0.15, -0.1) is 0 Å². The molecule has 1 heterocycles. The molecule has 0 atom stereocenters. The number of nitrogens with zero attached hydrogens (tertiary/aromatic N) is 1. The zero-order valence-corrected chi connectivity index (χ0v) is 14.1. The van der Waals surface area contributed by atoms with Crippen molar-refractivity contribution < 1.29 is 9.53 Å². The first-order valence-electron chi connectivity index (χ1n) is 7.92. The number of amides is 1. The largest absolute Gasteiger partial charge is 0.489 e. The summed E-state index contributed by atoms with van der Waals surface area (Å²) in [6, 6.07) is 7.61. The molecule has 0 fully saturated rings. The third kappa shape index (κ3) is 4.16. The lowest BCUT2D eigenvalue weighted by Gasteiger charge is -2.22. The van der Waals surface area contributed by atoms with Crippen LogP contribution in [-0.2, 0) is 17.8 Å². The number of H-pyrrole nitrogens is 2. The van der Waals surface area contributed by atoms with Gasteiger partial charge in [0.25, 0.3) is 5.56 Å². The van der Waals surface area contributed by atoms with Crippen molar-refractivity contribution in [3.8, 4) is 5.75 Å². The number of carbonyl (C=O) groups excluding carboxylic acids is 1. The fraction of sp³-hybridized carbons (Fsp3) is 0.333. The molecular weight excluding hydrogens is 306 g/mol. The lowest BCUT2D eigenvalue weighted by atomic mass is 10.1. The molecule has 1 aromatic heterocycles. The Bertz CT molecular complexity index is 761. The molecule has 0 bridgehead atoms. The molecule has 0 aliphatic carbocycles. The first-order chi connectivity index (χ1) is 11.6. The van der Waals surface area contributed by atoms with Gasteiger partial charge in [0, 0.05) is 29.9 Å². The Balaban J connectivity index is 2.13. The van der Waals surface area contributed by atoms with E-state index in [1.165, 1.54) is 0 Å². The lowest BCUT2D eigenvalue weighted by molar-refractivity contribution is -0.130. The molecule has 0 radical (unpaired) electrons. The van der Waals surface area contributed by atoms with Crippen LogP contribution in [-0.4, -0.2) is 34.2 Å². The van der Waals surface area contributed by atoms with E-state index < -0.39 is 0 Å². The van der Waals surface area contributed by atoms with Crippen LogP contribution in [0.15, 0.2) is 41.7 Å². The number of nitrogens with one attached hydrogen (secondary N) is 2. The standard InChI is InChI=1S/C18H23N3O3/c1-4-10-24-16-9-7-6-8-14(16)12-21(5-2)17(22)11-15-13(3)19-20-18(15)23/h4,6-9H,1,5,10-12H2,2-3H3,(H2,19,20,23). The first-order valence-corrected chi connectivity index (χ1v) is 7.92. The summed E-state index contributed by atoms with van der Waals surface area (Å²) < 4.78 is 5.64. The number of likely N-dealkylation sites (N-methyl/N-ethyl adjacent to an activating group) is 1. The average molecular weight is 329 g/mol. The van der Waals surface area contributed by atoms with Crippen molar-refractivity contribution in [3.05, 3.63) is 64.1 Å². The number of aryl methyl sites for hydroxylation is 1. The summed E-state index contributed by atoms with van der Waals surface area (Å²) in [4.78, 5) is 26.0. The van der Waals surface area contributed by atoms with Gasteiger partial charge in [0.15, 0.2) is 0 Å². The second kappa shape index (κ2) is 8.19. The highest BCUT2D eigenvalue weighted by Crippen LogP contribution is 2.20. The number of carbonyl (C=O) groups is 1. The number of hydrogen-bond acceptors (Lipinski definition) is 3. The fourth-order valence-electron chi connectivity index (χ4n) is 2.45. The Morgan fingerprint density at radius 1 is 1.33 bits per heavy atom. The second-order valence-electron chi connectivity index (χ2n) is 5.47. The van der Waals surface area contributed by atoms with E-state index in [2.05, 4.69) is 16.8 Å². The molecule has 0 spiro atoms. The van der Waals surface area contributed by atoms with E-state index in [1.54, 1.807) is 17.9 Å². The van der Waals surface area contributed by atoms with Crippen molar-refractivity contribution in [1.82, 2.24) is 15.1 Å². The van der Waals surface area contributed by atoms with Crippen LogP contribution < -0.4 is 10.3 Å². The van der Waals surface area contributed by atoms with Crippen molar-refractivity contribution in [2.45, 2.75) is 26.8 Å². The van der Waals surface area contributed by atoms with Gasteiger partial charge in [0.1, 0.15) is 12.4 Å². The van der Waals surface area contributed by atoms with Crippen LogP contribution in [0.5, 0.6) is 5.75 Å². The summed E-state index contributed by atoms with van der Waals surface area (Å²) in [6.45, 7) is 8.73. The van der Waals surface area contributed by atoms with Crippen LogP contribution in [0.3, 0.4) is 0 Å². The molecule has 0 unspecified atom stereocenters. The van der Waals surface area contributed by atoms with Gasteiger partial charge in [0.05, 0.1) is 6.42 Å². The molecule has 0 aliphatic heterocycles. The van der Waals surface area contributed by atoms with E-state index >= 15 is 0 Å². The highest BCUT2D eigenvalue weighted by Gasteiger charge is 2.18. The Kier molecular flexibility index (Phi) is 6.01. The SMILES string of the molecule is C=CCOc1ccccc1CN(CC)C(=O)Cc1c(C)[nH][nH]c1=O. The lowest BCUT2D eigenvalue weighted by Crippen LogP contribution is -2.33. The smallest absolute Gasteiger partial charge is 0.267 e. The van der Waals surface area contributed by atoms with Crippen LogP contribution in [0.1, 0.15) is 23.7 Å². The maximum absolute atomic E-state index is 12.6. The maximum Gasteiger partial charge on any atom is 0.267 e. The van der Waals surface area contributed by atoms with Crippen LogP contribution in [0, 0.1) is 6.92 Å². The molecule has 2 rings (SSSR count). The quantitative estimate of drug-likeness (QED) is 0.729. The van der Waals surface area contributed by atoms with Crippen molar-refractivity contribution in [2.24, 2.45) is 0 Å². The van der Waals surface area contributed by atoms with Gasteiger partial charge in [-0.25, -0.2) is 0 Å². The first kappa shape index (κ1) is 17.6. The molecule has 1 amide bonds. The number of benzene rings is 1. The summed E-state index contributed by atoms with van der Waals surface area (Å²) in [5, 5.41) is 5.24. The Morgan fingerprint density at radius 2 is 2.08 bits per heavy atom. The van der Waals surface area contributed by atoms with E-state index in [0.717, 1.165) is 11.3 Å². The minimum absolute atomic E-state index is 0.0776. The van der Waals surface area contributed by atoms with Crippen LogP contribution >= 0.6 is 0 Å². The fourth-order valence-corrected chi connectivity index (χ4v) is 2.45. The molecule has 6 nitrogen and oxygen atoms in total. The summed E-state index contributed by atoms with van der Waals surface area (Å²) in [6.07, 6.45) is 1.76. The number of hydrogen-bond donors (Lipinski definition) is 2. The molecule has 0 saturated carbocycles. The predicted molar refractivity (Wildman–Crippen MR) is 93.1 cm³/mol. The normalized spacial score (nSPS) is 10.4. The van der Waals surface area contributed by atoms with E-state index in [1.807, 2.05) is 31.2 Å². The van der Waals surface area contributed by atoms with Crippen molar-refractivity contribution in [1.29, 1.82) is 0 Å². The summed E-state index contributed by atoms with van der Waals surface area (Å²) in [5.74, 6) is 0.642. The molecular formula is C18H23N3O3. The number of aromatic nitrogens is 2. The molecule has 2 N–H and O–H groups in total. The topological polar surface area (TPSA) is 78.2 Å². The third-order valence-electron chi connectivity index (χ3n) is 3.84. The molecule has 24 heavy (non-hydrogen) atoms. The second-order valence-corrected chi connectivity index (χ2v) is 5.47. The number of aromatic amines is 2. The molecule has 6 heteroatoms. The predicted octanol–water partition coefficient (Wildman–Crippen LogP) is 2.17. The van der Waals surface area contributed by atoms with Gasteiger partial charge in [-0.3, -0.25) is 14.7 Å². The third-order valence-corrected chi connectivity index (χ3v) is 3.84. The number of para-hydroxylation sites is 1. The van der Waals surface area contributed by atoms with Crippen molar-refractivity contribution in [2.75, 3.05) is 13.2 Å². The zero-order chi connectivity index (χ0) is 17.5. The Hall–Kier alpha value is -2.76. The summed E-state index contributed by atoms with van der Waals surface area (Å²) in [5.41, 5.74) is 1.86. The van der Waals surface area contributed by atoms with E-state index in [0.29, 0.717) is 31.0 Å². The molecule has 1 aromatic carbocycles. The minimum atomic E-state index is -0.244. The van der Waals surface area contributed by atoms with E-state index in [-0.39, 0.29) is 17.9 Å². The Morgan fingerprint density at radius 3 is 2.71 bits per heavy atom.